The van der Waals surface area contributed by atoms with Crippen LogP contribution in [-0.4, -0.2) is 76.6 Å². The predicted octanol–water partition coefficient (Wildman–Crippen LogP) is 2.08. The van der Waals surface area contributed by atoms with Gasteiger partial charge < -0.3 is 31.5 Å². The Morgan fingerprint density at radius 2 is 1.45 bits per heavy atom. The normalized spacial score (nSPS) is 13.6. The van der Waals surface area contributed by atoms with Crippen LogP contribution in [0.1, 0.15) is 98.3 Å². The summed E-state index contributed by atoms with van der Waals surface area (Å²) in [5.41, 5.74) is 5.69. The van der Waals surface area contributed by atoms with Gasteiger partial charge in [0.2, 0.25) is 11.8 Å². The van der Waals surface area contributed by atoms with Crippen LogP contribution in [0.2, 0.25) is 0 Å². The summed E-state index contributed by atoms with van der Waals surface area (Å²) in [5.74, 6) is -1.86. The minimum atomic E-state index is -1.42. The number of rotatable bonds is 16. The highest BCUT2D eigenvalue weighted by Gasteiger charge is 2.30. The molecule has 38 heavy (non-hydrogen) atoms. The highest BCUT2D eigenvalue weighted by Crippen LogP contribution is 2.17. The first-order chi connectivity index (χ1) is 17.8. The van der Waals surface area contributed by atoms with Crippen molar-refractivity contribution in [3.05, 3.63) is 34.9 Å². The summed E-state index contributed by atoms with van der Waals surface area (Å²) < 4.78 is 0. The van der Waals surface area contributed by atoms with Gasteiger partial charge in [-0.05, 0) is 49.3 Å². The van der Waals surface area contributed by atoms with E-state index in [0.717, 1.165) is 12.8 Å². The molecule has 0 fully saturated rings. The summed E-state index contributed by atoms with van der Waals surface area (Å²) in [6.07, 6.45) is -1.32. The lowest BCUT2D eigenvalue weighted by Gasteiger charge is -2.29. The maximum absolute atomic E-state index is 13.3. The van der Waals surface area contributed by atoms with Crippen molar-refractivity contribution in [1.29, 1.82) is 0 Å². The number of primary amides is 1. The van der Waals surface area contributed by atoms with Gasteiger partial charge in [0.25, 0.3) is 11.8 Å². The van der Waals surface area contributed by atoms with E-state index in [0.29, 0.717) is 26.1 Å². The van der Waals surface area contributed by atoms with Crippen LogP contribution < -0.4 is 16.4 Å². The molecule has 0 aliphatic heterocycles. The fourth-order valence-corrected chi connectivity index (χ4v) is 4.07. The van der Waals surface area contributed by atoms with Crippen molar-refractivity contribution in [1.82, 2.24) is 15.5 Å². The van der Waals surface area contributed by atoms with Gasteiger partial charge in [0.05, 0.1) is 18.6 Å². The monoisotopic (exact) mass is 534 g/mol. The minimum Gasteiger partial charge on any atom is -0.390 e. The first-order valence-corrected chi connectivity index (χ1v) is 13.5. The van der Waals surface area contributed by atoms with Gasteiger partial charge in [-0.2, -0.15) is 0 Å². The molecule has 0 bridgehead atoms. The van der Waals surface area contributed by atoms with E-state index in [1.54, 1.807) is 4.90 Å². The van der Waals surface area contributed by atoms with Crippen LogP contribution in [0.25, 0.3) is 0 Å². The lowest BCUT2D eigenvalue weighted by Crippen LogP contribution is -2.50. The third-order valence-corrected chi connectivity index (χ3v) is 5.95. The van der Waals surface area contributed by atoms with Crippen LogP contribution in [0, 0.1) is 11.8 Å². The molecule has 1 rings (SSSR count). The smallest absolute Gasteiger partial charge is 0.253 e. The number of aliphatic hydroxyl groups excluding tert-OH is 2. The molecule has 0 heterocycles. The Hall–Kier alpha value is -2.98. The molecule has 3 atom stereocenters. The molecular weight excluding hydrogens is 488 g/mol. The molecule has 0 saturated heterocycles. The summed E-state index contributed by atoms with van der Waals surface area (Å²) in [7, 11) is 0. The van der Waals surface area contributed by atoms with Crippen LogP contribution in [-0.2, 0) is 4.79 Å². The van der Waals surface area contributed by atoms with E-state index in [9.17, 15) is 29.4 Å². The number of nitrogens with one attached hydrogen (secondary N) is 2. The zero-order valence-corrected chi connectivity index (χ0v) is 23.6. The van der Waals surface area contributed by atoms with Crippen molar-refractivity contribution in [3.8, 4) is 0 Å². The van der Waals surface area contributed by atoms with E-state index in [4.69, 9.17) is 5.73 Å². The highest BCUT2D eigenvalue weighted by molar-refractivity contribution is 6.04. The molecular formula is C28H46N4O6. The zero-order chi connectivity index (χ0) is 29.0. The van der Waals surface area contributed by atoms with Crippen molar-refractivity contribution in [2.24, 2.45) is 17.6 Å². The van der Waals surface area contributed by atoms with Crippen LogP contribution in [0.15, 0.2) is 18.2 Å². The third-order valence-electron chi connectivity index (χ3n) is 5.95. The van der Waals surface area contributed by atoms with E-state index >= 15 is 0 Å². The standard InChI is InChI=1S/C28H46N4O6/c1-7-9-32(10-8-2)28(38)21-13-19(26(29)36)12-20(14-21)27(37)31-22(11-17(3)4)25(35)23(33)15-24(34)30-16-18(5)6/h12-14,17-18,22-23,25,33,35H,7-11,15-16H2,1-6H3,(H2,29,36)(H,30,34)(H,31,37). The summed E-state index contributed by atoms with van der Waals surface area (Å²) in [6.45, 7) is 13.1. The minimum absolute atomic E-state index is 0.0109. The van der Waals surface area contributed by atoms with Gasteiger partial charge in [0, 0.05) is 36.3 Å². The van der Waals surface area contributed by atoms with Crippen molar-refractivity contribution >= 4 is 23.6 Å². The molecule has 0 aromatic heterocycles. The fraction of sp³-hybridized carbons (Fsp3) is 0.643. The topological polar surface area (TPSA) is 162 Å². The van der Waals surface area contributed by atoms with E-state index in [1.807, 2.05) is 41.5 Å². The van der Waals surface area contributed by atoms with Gasteiger partial charge in [-0.1, -0.05) is 41.5 Å². The Kier molecular flexibility index (Phi) is 14.0. The Balaban J connectivity index is 3.21. The maximum atomic E-state index is 13.3. The van der Waals surface area contributed by atoms with Gasteiger partial charge in [0.15, 0.2) is 0 Å². The lowest BCUT2D eigenvalue weighted by molar-refractivity contribution is -0.125. The van der Waals surface area contributed by atoms with Gasteiger partial charge >= 0.3 is 0 Å². The second-order valence-electron chi connectivity index (χ2n) is 10.6. The van der Waals surface area contributed by atoms with Gasteiger partial charge in [-0.3, -0.25) is 19.2 Å². The molecule has 3 unspecified atom stereocenters. The summed E-state index contributed by atoms with van der Waals surface area (Å²) in [6, 6.07) is 3.19. The maximum Gasteiger partial charge on any atom is 0.253 e. The van der Waals surface area contributed by atoms with Crippen molar-refractivity contribution < 1.29 is 29.4 Å². The number of benzene rings is 1. The first kappa shape index (κ1) is 33.0. The quantitative estimate of drug-likeness (QED) is 0.218. The summed E-state index contributed by atoms with van der Waals surface area (Å²) in [5, 5.41) is 26.8. The van der Waals surface area contributed by atoms with Gasteiger partial charge in [0.1, 0.15) is 6.10 Å². The second kappa shape index (κ2) is 16.1. The van der Waals surface area contributed by atoms with E-state index in [2.05, 4.69) is 10.6 Å². The van der Waals surface area contributed by atoms with Crippen molar-refractivity contribution in [2.75, 3.05) is 19.6 Å². The van der Waals surface area contributed by atoms with E-state index in [-0.39, 0.29) is 40.9 Å². The van der Waals surface area contributed by atoms with Crippen LogP contribution in [0.5, 0.6) is 0 Å². The Morgan fingerprint density at radius 1 is 0.895 bits per heavy atom. The Bertz CT molecular complexity index is 943. The molecule has 214 valence electrons. The number of aliphatic hydroxyl groups is 2. The van der Waals surface area contributed by atoms with Crippen LogP contribution in [0.3, 0.4) is 0 Å². The van der Waals surface area contributed by atoms with Crippen molar-refractivity contribution in [3.63, 3.8) is 0 Å². The molecule has 0 aliphatic carbocycles. The number of nitrogens with two attached hydrogens (primary N) is 1. The molecule has 0 radical (unpaired) electrons. The molecule has 0 aliphatic rings. The fourth-order valence-electron chi connectivity index (χ4n) is 4.07. The van der Waals surface area contributed by atoms with E-state index in [1.165, 1.54) is 18.2 Å². The zero-order valence-electron chi connectivity index (χ0n) is 23.6. The number of carbonyl (C=O) groups excluding carboxylic acids is 4. The third kappa shape index (κ3) is 10.8. The molecule has 10 nitrogen and oxygen atoms in total. The lowest BCUT2D eigenvalue weighted by atomic mass is 9.94. The van der Waals surface area contributed by atoms with Crippen LogP contribution >= 0.6 is 0 Å². The number of hydrogen-bond donors (Lipinski definition) is 5. The molecule has 1 aromatic carbocycles. The Morgan fingerprint density at radius 3 is 1.95 bits per heavy atom. The largest absolute Gasteiger partial charge is 0.390 e. The highest BCUT2D eigenvalue weighted by atomic mass is 16.3. The van der Waals surface area contributed by atoms with Crippen LogP contribution in [0.4, 0.5) is 0 Å². The molecule has 0 saturated carbocycles. The number of amides is 4. The molecule has 6 N–H and O–H groups in total. The van der Waals surface area contributed by atoms with Gasteiger partial charge in [-0.15, -0.1) is 0 Å². The molecule has 0 spiro atoms. The van der Waals surface area contributed by atoms with E-state index < -0.39 is 36.0 Å². The number of nitrogens with zero attached hydrogens (tertiary/aromatic N) is 1. The first-order valence-electron chi connectivity index (χ1n) is 13.5. The summed E-state index contributed by atoms with van der Waals surface area (Å²) >= 11 is 0. The molecule has 1 aromatic rings. The SMILES string of the molecule is CCCN(CCC)C(=O)c1cc(C(N)=O)cc(C(=O)NC(CC(C)C)C(O)C(O)CC(=O)NCC(C)C)c1. The number of hydrogen-bond acceptors (Lipinski definition) is 6. The average Bonchev–Trinajstić information content (AvgIpc) is 2.85. The predicted molar refractivity (Wildman–Crippen MR) is 147 cm³/mol. The Labute approximate surface area is 226 Å². The molecule has 10 heteroatoms. The second-order valence-corrected chi connectivity index (χ2v) is 10.6. The van der Waals surface area contributed by atoms with Gasteiger partial charge in [-0.25, -0.2) is 0 Å². The summed E-state index contributed by atoms with van der Waals surface area (Å²) in [4.78, 5) is 52.2. The molecule has 4 amide bonds. The average molecular weight is 535 g/mol. The van der Waals surface area contributed by atoms with Crippen molar-refractivity contribution in [2.45, 2.75) is 85.5 Å². The number of carbonyl (C=O) groups is 4.